The fourth-order valence-electron chi connectivity index (χ4n) is 7.23. The Labute approximate surface area is 326 Å². The Morgan fingerprint density at radius 2 is 1.30 bits per heavy atom. The second-order valence-corrected chi connectivity index (χ2v) is 15.0. The third-order valence-electron chi connectivity index (χ3n) is 10.4. The molecule has 56 heavy (non-hydrogen) atoms. The summed E-state index contributed by atoms with van der Waals surface area (Å²) in [4.78, 5) is 68.1. The zero-order valence-corrected chi connectivity index (χ0v) is 32.9. The Balaban J connectivity index is 1.07. The molecule has 0 bridgehead atoms. The number of ether oxygens (including phenoxy) is 2. The molecule has 1 aliphatic heterocycles. The number of unbranched alkanes of at least 4 members (excludes halogenated alkanes) is 1. The molecule has 14 nitrogen and oxygen atoms in total. The first kappa shape index (κ1) is 39.8. The van der Waals surface area contributed by atoms with E-state index in [2.05, 4.69) is 79.2 Å². The van der Waals surface area contributed by atoms with Crippen LogP contribution in [0.5, 0.6) is 0 Å². The topological polar surface area (TPSA) is 183 Å². The van der Waals surface area contributed by atoms with Crippen LogP contribution in [0.4, 0.5) is 9.59 Å². The zero-order chi connectivity index (χ0) is 39.9. The number of aryl methyl sites for hydroxylation is 1. The van der Waals surface area contributed by atoms with Gasteiger partial charge in [-0.25, -0.2) is 19.6 Å². The number of aromatic nitrogens is 4. The Morgan fingerprint density at radius 3 is 1.89 bits per heavy atom. The number of amides is 4. The molecule has 0 spiro atoms. The van der Waals surface area contributed by atoms with Crippen LogP contribution in [0, 0.1) is 11.8 Å². The molecule has 296 valence electrons. The minimum Gasteiger partial charge on any atom is -0.453 e. The fourth-order valence-corrected chi connectivity index (χ4v) is 7.23. The minimum atomic E-state index is -0.686. The van der Waals surface area contributed by atoms with Crippen molar-refractivity contribution in [1.29, 1.82) is 0 Å². The second kappa shape index (κ2) is 17.7. The van der Waals surface area contributed by atoms with Crippen molar-refractivity contribution in [2.45, 2.75) is 77.9 Å². The molecule has 0 unspecified atom stereocenters. The van der Waals surface area contributed by atoms with Gasteiger partial charge in [-0.15, -0.1) is 0 Å². The number of carbonyl (C=O) groups excluding carboxylic acids is 4. The predicted molar refractivity (Wildman–Crippen MR) is 215 cm³/mol. The average Bonchev–Trinajstić information content (AvgIpc) is 3.96. The van der Waals surface area contributed by atoms with E-state index in [0.29, 0.717) is 13.1 Å². The van der Waals surface area contributed by atoms with Crippen molar-refractivity contribution in [3.63, 3.8) is 0 Å². The van der Waals surface area contributed by atoms with Gasteiger partial charge in [0.2, 0.25) is 11.8 Å². The standard InChI is InChI=1S/C42H52N8O6/c1-24(2)36(48-41(53)55-5)39(51)43-20-8-7-11-35-44-30-18-16-28(22-32(30)45-35)26-12-14-27(15-13-26)29-17-19-31-33(23-29)47-38(46-31)34-10-9-21-50(34)40(52)37(25(3)4)49-42(54)56-6/h12-19,22-25,34,36-37H,7-11,20-21H2,1-6H3,(H,43,51)(H,44,45)(H,46,47)(H,48,53)(H,49,54)/t34-,36-,37-/m0/s1. The lowest BCUT2D eigenvalue weighted by atomic mass is 10.00. The highest BCUT2D eigenvalue weighted by molar-refractivity contribution is 5.88. The van der Waals surface area contributed by atoms with Crippen LogP contribution >= 0.6 is 0 Å². The van der Waals surface area contributed by atoms with Gasteiger partial charge in [0.15, 0.2) is 0 Å². The highest BCUT2D eigenvalue weighted by Crippen LogP contribution is 2.34. The Morgan fingerprint density at radius 1 is 0.750 bits per heavy atom. The van der Waals surface area contributed by atoms with E-state index >= 15 is 0 Å². The number of H-pyrrole nitrogens is 2. The van der Waals surface area contributed by atoms with Crippen molar-refractivity contribution in [3.8, 4) is 22.3 Å². The molecule has 5 aromatic rings. The molecular formula is C42H52N8O6. The summed E-state index contributed by atoms with van der Waals surface area (Å²) in [5.74, 6) is 1.10. The summed E-state index contributed by atoms with van der Waals surface area (Å²) in [6.45, 7) is 8.65. The zero-order valence-electron chi connectivity index (χ0n) is 32.9. The van der Waals surface area contributed by atoms with E-state index in [9.17, 15) is 19.2 Å². The molecule has 3 aromatic carbocycles. The Bertz CT molecular complexity index is 2170. The van der Waals surface area contributed by atoms with Gasteiger partial charge in [-0.3, -0.25) is 9.59 Å². The molecular weight excluding hydrogens is 713 g/mol. The lowest BCUT2D eigenvalue weighted by Crippen LogP contribution is -2.51. The largest absolute Gasteiger partial charge is 0.453 e. The van der Waals surface area contributed by atoms with Gasteiger partial charge < -0.3 is 40.3 Å². The highest BCUT2D eigenvalue weighted by atomic mass is 16.5. The summed E-state index contributed by atoms with van der Waals surface area (Å²) in [6.07, 6.45) is 2.75. The van der Waals surface area contributed by atoms with E-state index in [0.717, 1.165) is 88.1 Å². The average molecular weight is 765 g/mol. The lowest BCUT2D eigenvalue weighted by Gasteiger charge is -2.29. The van der Waals surface area contributed by atoms with Gasteiger partial charge in [0.1, 0.15) is 23.7 Å². The smallest absolute Gasteiger partial charge is 0.407 e. The van der Waals surface area contributed by atoms with E-state index in [-0.39, 0.29) is 29.7 Å². The van der Waals surface area contributed by atoms with Crippen molar-refractivity contribution in [3.05, 3.63) is 72.3 Å². The summed E-state index contributed by atoms with van der Waals surface area (Å²) in [6, 6.07) is 19.3. The number of carbonyl (C=O) groups is 4. The van der Waals surface area contributed by atoms with Crippen LogP contribution in [0.3, 0.4) is 0 Å². The fraction of sp³-hybridized carbons (Fsp3) is 0.429. The van der Waals surface area contributed by atoms with E-state index in [4.69, 9.17) is 14.7 Å². The Hall–Kier alpha value is -5.92. The van der Waals surface area contributed by atoms with Crippen LogP contribution in [0.25, 0.3) is 44.3 Å². The molecule has 1 aliphatic rings. The van der Waals surface area contributed by atoms with Gasteiger partial charge in [0.25, 0.3) is 0 Å². The SMILES string of the molecule is COC(=O)N[C@H](C(=O)NCCCCc1nc2ccc(-c3ccc(-c4ccc5nc([C@@H]6CCCN6C(=O)[C@@H](NC(=O)OC)C(C)C)[nH]c5c4)cc3)cc2[nH]1)C(C)C. The normalized spacial score (nSPS) is 15.3. The number of rotatable bonds is 14. The van der Waals surface area contributed by atoms with Crippen molar-refractivity contribution >= 4 is 46.1 Å². The van der Waals surface area contributed by atoms with E-state index in [1.807, 2.05) is 44.7 Å². The number of aromatic amines is 2. The van der Waals surface area contributed by atoms with E-state index in [1.54, 1.807) is 0 Å². The number of nitrogens with zero attached hydrogens (tertiary/aromatic N) is 3. The number of alkyl carbamates (subject to hydrolysis) is 2. The third kappa shape index (κ3) is 9.12. The number of benzene rings is 3. The van der Waals surface area contributed by atoms with Crippen molar-refractivity contribution in [1.82, 2.24) is 40.8 Å². The van der Waals surface area contributed by atoms with Crippen LogP contribution in [0.15, 0.2) is 60.7 Å². The van der Waals surface area contributed by atoms with Crippen LogP contribution in [0.1, 0.15) is 71.1 Å². The molecule has 4 amide bonds. The van der Waals surface area contributed by atoms with E-state index in [1.165, 1.54) is 14.2 Å². The third-order valence-corrected chi connectivity index (χ3v) is 10.4. The highest BCUT2D eigenvalue weighted by Gasteiger charge is 2.37. The number of methoxy groups -OCH3 is 2. The molecule has 3 heterocycles. The summed E-state index contributed by atoms with van der Waals surface area (Å²) in [7, 11) is 2.57. The molecule has 0 saturated carbocycles. The van der Waals surface area contributed by atoms with Gasteiger partial charge in [0.05, 0.1) is 42.3 Å². The number of likely N-dealkylation sites (tertiary alicyclic amines) is 1. The summed E-state index contributed by atoms with van der Waals surface area (Å²) in [5, 5.41) is 8.21. The van der Waals surface area contributed by atoms with Gasteiger partial charge in [-0.2, -0.15) is 0 Å². The summed E-state index contributed by atoms with van der Waals surface area (Å²) < 4.78 is 9.41. The number of hydrogen-bond donors (Lipinski definition) is 5. The first-order valence-electron chi connectivity index (χ1n) is 19.3. The first-order chi connectivity index (χ1) is 26.9. The van der Waals surface area contributed by atoms with Crippen molar-refractivity contribution < 1.29 is 28.7 Å². The molecule has 14 heteroatoms. The number of hydrogen-bond acceptors (Lipinski definition) is 8. The monoisotopic (exact) mass is 764 g/mol. The molecule has 5 N–H and O–H groups in total. The number of fused-ring (bicyclic) bond motifs is 2. The second-order valence-electron chi connectivity index (χ2n) is 15.0. The molecule has 0 radical (unpaired) electrons. The van der Waals surface area contributed by atoms with Crippen molar-refractivity contribution in [2.75, 3.05) is 27.3 Å². The van der Waals surface area contributed by atoms with Crippen LogP contribution in [-0.4, -0.2) is 88.2 Å². The number of nitrogens with one attached hydrogen (secondary N) is 5. The van der Waals surface area contributed by atoms with E-state index < -0.39 is 24.3 Å². The quantitative estimate of drug-likeness (QED) is 0.0780. The summed E-state index contributed by atoms with van der Waals surface area (Å²) in [5.41, 5.74) is 7.87. The van der Waals surface area contributed by atoms with Gasteiger partial charge >= 0.3 is 12.2 Å². The van der Waals surface area contributed by atoms with Crippen LogP contribution in [-0.2, 0) is 25.5 Å². The molecule has 0 aliphatic carbocycles. The minimum absolute atomic E-state index is 0.0703. The predicted octanol–water partition coefficient (Wildman–Crippen LogP) is 6.64. The molecule has 2 aromatic heterocycles. The molecule has 3 atom stereocenters. The van der Waals surface area contributed by atoms with Crippen LogP contribution in [0.2, 0.25) is 0 Å². The number of imidazole rings is 2. The maximum atomic E-state index is 13.6. The lowest BCUT2D eigenvalue weighted by molar-refractivity contribution is -0.135. The molecule has 1 fully saturated rings. The van der Waals surface area contributed by atoms with Crippen LogP contribution < -0.4 is 16.0 Å². The summed E-state index contributed by atoms with van der Waals surface area (Å²) >= 11 is 0. The van der Waals surface area contributed by atoms with Gasteiger partial charge in [0, 0.05) is 19.5 Å². The molecule has 6 rings (SSSR count). The Kier molecular flexibility index (Phi) is 12.6. The van der Waals surface area contributed by atoms with Crippen molar-refractivity contribution in [2.24, 2.45) is 11.8 Å². The van der Waals surface area contributed by atoms with Gasteiger partial charge in [-0.1, -0.05) is 64.1 Å². The maximum Gasteiger partial charge on any atom is 0.407 e. The maximum absolute atomic E-state index is 13.6. The first-order valence-corrected chi connectivity index (χ1v) is 19.3. The van der Waals surface area contributed by atoms with Gasteiger partial charge in [-0.05, 0) is 84.0 Å². The molecule has 1 saturated heterocycles.